The summed E-state index contributed by atoms with van der Waals surface area (Å²) in [7, 11) is 5.62. The SMILES string of the molecule is CN=C(NCCCCCN1CCCCC1)N(C)Cc1ccc(OC)cc1. The van der Waals surface area contributed by atoms with Crippen LogP contribution in [0.3, 0.4) is 0 Å². The summed E-state index contributed by atoms with van der Waals surface area (Å²) in [6, 6.07) is 8.20. The Morgan fingerprint density at radius 3 is 2.50 bits per heavy atom. The zero-order valence-corrected chi connectivity index (χ0v) is 16.8. The highest BCUT2D eigenvalue weighted by Crippen LogP contribution is 2.13. The molecule has 146 valence electrons. The number of guanidine groups is 1. The Morgan fingerprint density at radius 2 is 1.85 bits per heavy atom. The maximum absolute atomic E-state index is 5.21. The summed E-state index contributed by atoms with van der Waals surface area (Å²) in [6.45, 7) is 5.70. The van der Waals surface area contributed by atoms with E-state index in [2.05, 4.69) is 39.3 Å². The number of benzene rings is 1. The van der Waals surface area contributed by atoms with Gasteiger partial charge >= 0.3 is 0 Å². The van der Waals surface area contributed by atoms with Gasteiger partial charge in [-0.05, 0) is 63.0 Å². The molecule has 2 rings (SSSR count). The van der Waals surface area contributed by atoms with E-state index < -0.39 is 0 Å². The lowest BCUT2D eigenvalue weighted by Gasteiger charge is -2.26. The molecule has 0 unspecified atom stereocenters. The Labute approximate surface area is 159 Å². The van der Waals surface area contributed by atoms with E-state index in [0.717, 1.165) is 24.8 Å². The quantitative estimate of drug-likeness (QED) is 0.416. The third kappa shape index (κ3) is 7.24. The average molecular weight is 361 g/mol. The molecule has 0 atom stereocenters. The molecule has 5 heteroatoms. The number of hydrogen-bond donors (Lipinski definition) is 1. The smallest absolute Gasteiger partial charge is 0.193 e. The molecule has 0 amide bonds. The maximum atomic E-state index is 5.21. The van der Waals surface area contributed by atoms with Gasteiger partial charge in [0.1, 0.15) is 5.75 Å². The number of likely N-dealkylation sites (tertiary alicyclic amines) is 1. The predicted octanol–water partition coefficient (Wildman–Crippen LogP) is 3.36. The minimum Gasteiger partial charge on any atom is -0.497 e. The fourth-order valence-electron chi connectivity index (χ4n) is 3.48. The molecule has 0 bridgehead atoms. The van der Waals surface area contributed by atoms with Crippen molar-refractivity contribution in [1.82, 2.24) is 15.1 Å². The van der Waals surface area contributed by atoms with Gasteiger partial charge in [-0.25, -0.2) is 0 Å². The number of aliphatic imine (C=N–C) groups is 1. The number of unbranched alkanes of at least 4 members (excludes halogenated alkanes) is 2. The Hall–Kier alpha value is -1.75. The molecule has 0 aromatic heterocycles. The van der Waals surface area contributed by atoms with Crippen LogP contribution in [0.1, 0.15) is 44.1 Å². The van der Waals surface area contributed by atoms with Crippen LogP contribution in [0.2, 0.25) is 0 Å². The first-order valence-corrected chi connectivity index (χ1v) is 10.00. The first-order chi connectivity index (χ1) is 12.7. The summed E-state index contributed by atoms with van der Waals surface area (Å²) in [5.41, 5.74) is 1.25. The van der Waals surface area contributed by atoms with Crippen molar-refractivity contribution in [2.75, 3.05) is 47.4 Å². The number of piperidine rings is 1. The van der Waals surface area contributed by atoms with E-state index >= 15 is 0 Å². The number of ether oxygens (including phenoxy) is 1. The van der Waals surface area contributed by atoms with Gasteiger partial charge in [-0.3, -0.25) is 4.99 Å². The number of nitrogens with one attached hydrogen (secondary N) is 1. The van der Waals surface area contributed by atoms with E-state index in [1.54, 1.807) is 7.11 Å². The molecule has 1 aromatic rings. The summed E-state index contributed by atoms with van der Waals surface area (Å²) in [4.78, 5) is 9.19. The molecule has 1 aromatic carbocycles. The molecule has 1 aliphatic heterocycles. The Bertz CT molecular complexity index is 523. The molecule has 1 aliphatic rings. The van der Waals surface area contributed by atoms with Crippen LogP contribution in [0.15, 0.2) is 29.3 Å². The highest BCUT2D eigenvalue weighted by molar-refractivity contribution is 5.79. The van der Waals surface area contributed by atoms with Crippen molar-refractivity contribution in [3.8, 4) is 5.75 Å². The molecule has 5 nitrogen and oxygen atoms in total. The van der Waals surface area contributed by atoms with Gasteiger partial charge in [-0.1, -0.05) is 25.0 Å². The zero-order chi connectivity index (χ0) is 18.6. The van der Waals surface area contributed by atoms with Crippen LogP contribution in [0.25, 0.3) is 0 Å². The summed E-state index contributed by atoms with van der Waals surface area (Å²) >= 11 is 0. The third-order valence-corrected chi connectivity index (χ3v) is 5.04. The summed E-state index contributed by atoms with van der Waals surface area (Å²) < 4.78 is 5.21. The summed E-state index contributed by atoms with van der Waals surface area (Å²) in [5.74, 6) is 1.85. The maximum Gasteiger partial charge on any atom is 0.193 e. The van der Waals surface area contributed by atoms with Crippen molar-refractivity contribution < 1.29 is 4.74 Å². The fourth-order valence-corrected chi connectivity index (χ4v) is 3.48. The van der Waals surface area contributed by atoms with E-state index in [1.807, 2.05) is 19.2 Å². The van der Waals surface area contributed by atoms with Crippen molar-refractivity contribution >= 4 is 5.96 Å². The molecule has 26 heavy (non-hydrogen) atoms. The van der Waals surface area contributed by atoms with E-state index in [9.17, 15) is 0 Å². The standard InChI is InChI=1S/C21H36N4O/c1-22-21(24(2)18-19-10-12-20(26-3)13-11-19)23-14-6-4-7-15-25-16-8-5-9-17-25/h10-13H,4-9,14-18H2,1-3H3,(H,22,23). The molecule has 1 heterocycles. The molecule has 0 aliphatic carbocycles. The van der Waals surface area contributed by atoms with Crippen molar-refractivity contribution in [3.63, 3.8) is 0 Å². The highest BCUT2D eigenvalue weighted by Gasteiger charge is 2.09. The number of hydrogen-bond acceptors (Lipinski definition) is 3. The molecule has 1 fully saturated rings. The lowest BCUT2D eigenvalue weighted by Crippen LogP contribution is -2.38. The van der Waals surface area contributed by atoms with Gasteiger partial charge in [-0.15, -0.1) is 0 Å². The fraction of sp³-hybridized carbons (Fsp3) is 0.667. The van der Waals surface area contributed by atoms with Crippen LogP contribution in [-0.2, 0) is 6.54 Å². The minimum absolute atomic E-state index is 0.832. The number of methoxy groups -OCH3 is 1. The van der Waals surface area contributed by atoms with Crippen LogP contribution < -0.4 is 10.1 Å². The van der Waals surface area contributed by atoms with Gasteiger partial charge in [0.2, 0.25) is 0 Å². The average Bonchev–Trinajstić information content (AvgIpc) is 2.68. The first kappa shape index (κ1) is 20.6. The highest BCUT2D eigenvalue weighted by atomic mass is 16.5. The Balaban J connectivity index is 1.61. The van der Waals surface area contributed by atoms with E-state index in [1.165, 1.54) is 63.7 Å². The second-order valence-electron chi connectivity index (χ2n) is 7.14. The van der Waals surface area contributed by atoms with E-state index in [4.69, 9.17) is 4.74 Å². The largest absolute Gasteiger partial charge is 0.497 e. The van der Waals surface area contributed by atoms with Crippen LogP contribution in [-0.4, -0.2) is 63.1 Å². The van der Waals surface area contributed by atoms with Gasteiger partial charge in [0.25, 0.3) is 0 Å². The topological polar surface area (TPSA) is 40.1 Å². The molecule has 1 saturated heterocycles. The van der Waals surface area contributed by atoms with E-state index in [0.29, 0.717) is 0 Å². The summed E-state index contributed by atoms with van der Waals surface area (Å²) in [5, 5.41) is 3.49. The van der Waals surface area contributed by atoms with Crippen molar-refractivity contribution in [1.29, 1.82) is 0 Å². The van der Waals surface area contributed by atoms with Crippen LogP contribution in [0.4, 0.5) is 0 Å². The van der Waals surface area contributed by atoms with Crippen LogP contribution in [0, 0.1) is 0 Å². The van der Waals surface area contributed by atoms with Crippen LogP contribution in [0.5, 0.6) is 5.75 Å². The molecule has 1 N–H and O–H groups in total. The Morgan fingerprint density at radius 1 is 1.12 bits per heavy atom. The predicted molar refractivity (Wildman–Crippen MR) is 110 cm³/mol. The van der Waals surface area contributed by atoms with E-state index in [-0.39, 0.29) is 0 Å². The zero-order valence-electron chi connectivity index (χ0n) is 16.8. The number of nitrogens with zero attached hydrogens (tertiary/aromatic N) is 3. The monoisotopic (exact) mass is 360 g/mol. The van der Waals surface area contributed by atoms with Crippen molar-refractivity contribution in [3.05, 3.63) is 29.8 Å². The van der Waals surface area contributed by atoms with Crippen molar-refractivity contribution in [2.45, 2.75) is 45.1 Å². The first-order valence-electron chi connectivity index (χ1n) is 10.00. The number of rotatable bonds is 9. The minimum atomic E-state index is 0.832. The van der Waals surface area contributed by atoms with Gasteiger partial charge in [0.05, 0.1) is 7.11 Å². The van der Waals surface area contributed by atoms with Gasteiger partial charge in [-0.2, -0.15) is 0 Å². The lowest BCUT2D eigenvalue weighted by atomic mass is 10.1. The summed E-state index contributed by atoms with van der Waals surface area (Å²) in [6.07, 6.45) is 7.98. The second kappa shape index (κ2) is 11.8. The van der Waals surface area contributed by atoms with Gasteiger partial charge in [0, 0.05) is 27.2 Å². The van der Waals surface area contributed by atoms with Gasteiger partial charge in [0.15, 0.2) is 5.96 Å². The lowest BCUT2D eigenvalue weighted by molar-refractivity contribution is 0.224. The van der Waals surface area contributed by atoms with Crippen molar-refractivity contribution in [2.24, 2.45) is 4.99 Å². The Kier molecular flexibility index (Phi) is 9.32. The van der Waals surface area contributed by atoms with Crippen LogP contribution >= 0.6 is 0 Å². The molecule has 0 spiro atoms. The third-order valence-electron chi connectivity index (χ3n) is 5.04. The van der Waals surface area contributed by atoms with Gasteiger partial charge < -0.3 is 19.9 Å². The molecule has 0 saturated carbocycles. The molecule has 0 radical (unpaired) electrons. The normalized spacial score (nSPS) is 15.7. The second-order valence-corrected chi connectivity index (χ2v) is 7.14. The molecular weight excluding hydrogens is 324 g/mol. The molecular formula is C21H36N4O.